The van der Waals surface area contributed by atoms with Gasteiger partial charge in [0, 0.05) is 6.54 Å². The molecule has 0 radical (unpaired) electrons. The van der Waals surface area contributed by atoms with Gasteiger partial charge >= 0.3 is 5.97 Å². The van der Waals surface area contributed by atoms with Crippen LogP contribution in [0.1, 0.15) is 83.8 Å². The third-order valence-corrected chi connectivity index (χ3v) is 5.28. The summed E-state index contributed by atoms with van der Waals surface area (Å²) < 4.78 is 5.88. The van der Waals surface area contributed by atoms with E-state index in [1.165, 1.54) is 0 Å². The Hall–Kier alpha value is -1.88. The monoisotopic (exact) mass is 388 g/mol. The number of rotatable bonds is 8. The highest BCUT2D eigenvalue weighted by atomic mass is 16.5. The number of ether oxygens (including phenoxy) is 1. The third-order valence-electron chi connectivity index (χ3n) is 5.28. The highest BCUT2D eigenvalue weighted by Gasteiger charge is 2.28. The molecule has 2 rings (SSSR count). The van der Waals surface area contributed by atoms with E-state index in [0.29, 0.717) is 12.3 Å². The van der Waals surface area contributed by atoms with Crippen LogP contribution in [0.25, 0.3) is 0 Å². The van der Waals surface area contributed by atoms with Gasteiger partial charge < -0.3 is 15.4 Å². The lowest BCUT2D eigenvalue weighted by Crippen LogP contribution is -2.44. The zero-order valence-electron chi connectivity index (χ0n) is 18.2. The van der Waals surface area contributed by atoms with E-state index in [0.717, 1.165) is 30.5 Å². The van der Waals surface area contributed by atoms with Crippen molar-refractivity contribution in [1.82, 2.24) is 10.6 Å². The van der Waals surface area contributed by atoms with Crippen LogP contribution in [0.2, 0.25) is 0 Å². The van der Waals surface area contributed by atoms with E-state index in [4.69, 9.17) is 4.74 Å². The molecule has 0 aliphatic carbocycles. The summed E-state index contributed by atoms with van der Waals surface area (Å²) in [5, 5.41) is 6.18. The van der Waals surface area contributed by atoms with E-state index >= 15 is 0 Å². The molecule has 0 aromatic heterocycles. The fraction of sp³-hybridized carbons (Fsp3) is 0.652. The Morgan fingerprint density at radius 1 is 1.18 bits per heavy atom. The van der Waals surface area contributed by atoms with Crippen LogP contribution in [-0.4, -0.2) is 31.0 Å². The van der Waals surface area contributed by atoms with E-state index in [1.807, 2.05) is 32.0 Å². The highest BCUT2D eigenvalue weighted by molar-refractivity contribution is 5.82. The van der Waals surface area contributed by atoms with Gasteiger partial charge in [-0.25, -0.2) is 0 Å². The SMILES string of the molecule is CC(C)c1cccc(C(C)C)c1OC(=O)CC(C)(C)CNC(=O)[C@@H]1CCCN1. The van der Waals surface area contributed by atoms with Gasteiger partial charge in [-0.05, 0) is 47.8 Å². The molecule has 5 heteroatoms. The molecule has 0 spiro atoms. The first-order chi connectivity index (χ1) is 13.1. The average Bonchev–Trinajstić information content (AvgIpc) is 3.13. The molecule has 1 fully saturated rings. The number of benzene rings is 1. The second-order valence-electron chi connectivity index (χ2n) is 9.26. The Labute approximate surface area is 169 Å². The Morgan fingerprint density at radius 2 is 1.79 bits per heavy atom. The molecule has 0 saturated carbocycles. The molecule has 1 amide bonds. The van der Waals surface area contributed by atoms with Crippen molar-refractivity contribution in [1.29, 1.82) is 0 Å². The predicted molar refractivity (Wildman–Crippen MR) is 113 cm³/mol. The van der Waals surface area contributed by atoms with Gasteiger partial charge in [0.25, 0.3) is 0 Å². The van der Waals surface area contributed by atoms with E-state index in [1.54, 1.807) is 0 Å². The lowest BCUT2D eigenvalue weighted by molar-refractivity contribution is -0.137. The predicted octanol–water partition coefficient (Wildman–Crippen LogP) is 4.12. The summed E-state index contributed by atoms with van der Waals surface area (Å²) in [6, 6.07) is 5.98. The largest absolute Gasteiger partial charge is 0.426 e. The van der Waals surface area contributed by atoms with Crippen molar-refractivity contribution in [3.05, 3.63) is 29.3 Å². The first-order valence-electron chi connectivity index (χ1n) is 10.5. The van der Waals surface area contributed by atoms with Gasteiger partial charge in [0.2, 0.25) is 5.91 Å². The van der Waals surface area contributed by atoms with Gasteiger partial charge in [0.15, 0.2) is 0 Å². The molecule has 1 heterocycles. The lowest BCUT2D eigenvalue weighted by Gasteiger charge is -2.26. The second-order valence-corrected chi connectivity index (χ2v) is 9.26. The molecule has 1 atom stereocenters. The Balaban J connectivity index is 2.01. The summed E-state index contributed by atoms with van der Waals surface area (Å²) in [7, 11) is 0. The van der Waals surface area contributed by atoms with E-state index in [2.05, 4.69) is 38.3 Å². The Kier molecular flexibility index (Phi) is 7.64. The molecule has 28 heavy (non-hydrogen) atoms. The molecule has 1 saturated heterocycles. The van der Waals surface area contributed by atoms with Crippen molar-refractivity contribution in [2.24, 2.45) is 5.41 Å². The number of hydrogen-bond donors (Lipinski definition) is 2. The van der Waals surface area contributed by atoms with Crippen LogP contribution in [0.15, 0.2) is 18.2 Å². The second kappa shape index (κ2) is 9.55. The summed E-state index contributed by atoms with van der Waals surface area (Å²) in [4.78, 5) is 24.9. The molecule has 1 aliphatic heterocycles. The number of esters is 1. The molecule has 1 aliphatic rings. The molecule has 2 N–H and O–H groups in total. The summed E-state index contributed by atoms with van der Waals surface area (Å²) in [5.74, 6) is 1.01. The van der Waals surface area contributed by atoms with Crippen molar-refractivity contribution < 1.29 is 14.3 Å². The zero-order valence-corrected chi connectivity index (χ0v) is 18.2. The van der Waals surface area contributed by atoms with Crippen LogP contribution in [-0.2, 0) is 9.59 Å². The summed E-state index contributed by atoms with van der Waals surface area (Å²) >= 11 is 0. The smallest absolute Gasteiger partial charge is 0.311 e. The van der Waals surface area contributed by atoms with Gasteiger partial charge in [0.05, 0.1) is 12.5 Å². The van der Waals surface area contributed by atoms with Crippen molar-refractivity contribution in [2.45, 2.75) is 78.7 Å². The van der Waals surface area contributed by atoms with Crippen LogP contribution in [0.3, 0.4) is 0 Å². The molecule has 0 bridgehead atoms. The minimum atomic E-state index is -0.379. The Bertz CT molecular complexity index is 663. The molecular weight excluding hydrogens is 352 g/mol. The van der Waals surface area contributed by atoms with Crippen LogP contribution in [0, 0.1) is 5.41 Å². The third kappa shape index (κ3) is 6.06. The van der Waals surface area contributed by atoms with Gasteiger partial charge in [-0.1, -0.05) is 59.7 Å². The van der Waals surface area contributed by atoms with Crippen LogP contribution in [0.4, 0.5) is 0 Å². The van der Waals surface area contributed by atoms with Crippen LogP contribution < -0.4 is 15.4 Å². The highest BCUT2D eigenvalue weighted by Crippen LogP contribution is 2.35. The molecule has 1 aromatic rings. The van der Waals surface area contributed by atoms with Crippen molar-refractivity contribution >= 4 is 11.9 Å². The normalized spacial score (nSPS) is 17.2. The number of amides is 1. The number of hydrogen-bond acceptors (Lipinski definition) is 4. The van der Waals surface area contributed by atoms with Crippen LogP contribution >= 0.6 is 0 Å². The molecule has 0 unspecified atom stereocenters. The summed E-state index contributed by atoms with van der Waals surface area (Å²) in [6.07, 6.45) is 2.15. The average molecular weight is 389 g/mol. The van der Waals surface area contributed by atoms with Crippen molar-refractivity contribution in [2.75, 3.05) is 13.1 Å². The minimum absolute atomic E-state index is 0.0196. The molecular formula is C23H36N2O3. The van der Waals surface area contributed by atoms with E-state index in [9.17, 15) is 9.59 Å². The quantitative estimate of drug-likeness (QED) is 0.519. The minimum Gasteiger partial charge on any atom is -0.426 e. The number of carbonyl (C=O) groups is 2. The summed E-state index contributed by atoms with van der Waals surface area (Å²) in [6.45, 7) is 13.7. The van der Waals surface area contributed by atoms with Crippen LogP contribution in [0.5, 0.6) is 5.75 Å². The first-order valence-corrected chi connectivity index (χ1v) is 10.5. The van der Waals surface area contributed by atoms with Crippen molar-refractivity contribution in [3.63, 3.8) is 0 Å². The fourth-order valence-electron chi connectivity index (χ4n) is 3.56. The maximum absolute atomic E-state index is 12.7. The summed E-state index contributed by atoms with van der Waals surface area (Å²) in [5.41, 5.74) is 1.73. The lowest BCUT2D eigenvalue weighted by atomic mass is 9.89. The van der Waals surface area contributed by atoms with Gasteiger partial charge in [-0.3, -0.25) is 9.59 Å². The molecule has 5 nitrogen and oxygen atoms in total. The number of carbonyl (C=O) groups excluding carboxylic acids is 2. The van der Waals surface area contributed by atoms with Crippen molar-refractivity contribution in [3.8, 4) is 5.75 Å². The zero-order chi connectivity index (χ0) is 20.9. The number of nitrogens with one attached hydrogen (secondary N) is 2. The Morgan fingerprint density at radius 3 is 2.29 bits per heavy atom. The molecule has 1 aromatic carbocycles. The topological polar surface area (TPSA) is 67.4 Å². The van der Waals surface area contributed by atoms with E-state index in [-0.39, 0.29) is 41.6 Å². The number of para-hydroxylation sites is 1. The van der Waals surface area contributed by atoms with E-state index < -0.39 is 0 Å². The fourth-order valence-corrected chi connectivity index (χ4v) is 3.56. The standard InChI is InChI=1S/C23H36N2O3/c1-15(2)17-9-7-10-18(16(3)4)21(17)28-20(26)13-23(5,6)14-25-22(27)19-11-8-12-24-19/h7,9-10,15-16,19,24H,8,11-14H2,1-6H3,(H,25,27)/t19-/m0/s1. The maximum Gasteiger partial charge on any atom is 0.311 e. The first kappa shape index (κ1) is 22.4. The molecule has 156 valence electrons. The van der Waals surface area contributed by atoms with Gasteiger partial charge in [-0.2, -0.15) is 0 Å². The van der Waals surface area contributed by atoms with Gasteiger partial charge in [0.1, 0.15) is 5.75 Å². The maximum atomic E-state index is 12.7. The van der Waals surface area contributed by atoms with Gasteiger partial charge in [-0.15, -0.1) is 0 Å².